The van der Waals surface area contributed by atoms with Crippen LogP contribution in [-0.2, 0) is 13.1 Å². The summed E-state index contributed by atoms with van der Waals surface area (Å²) in [5, 5.41) is 13.0. The van der Waals surface area contributed by atoms with Gasteiger partial charge in [-0.25, -0.2) is 4.79 Å². The zero-order valence-electron chi connectivity index (χ0n) is 20.0. The summed E-state index contributed by atoms with van der Waals surface area (Å²) in [4.78, 5) is 26.5. The number of anilines is 1. The molecule has 0 aromatic heterocycles. The van der Waals surface area contributed by atoms with E-state index in [4.69, 9.17) is 16.3 Å². The highest BCUT2D eigenvalue weighted by molar-refractivity contribution is 6.30. The van der Waals surface area contributed by atoms with Crippen LogP contribution in [0.1, 0.15) is 31.8 Å². The molecule has 1 aliphatic heterocycles. The second-order valence-electron chi connectivity index (χ2n) is 8.81. The van der Waals surface area contributed by atoms with Gasteiger partial charge in [0.05, 0.1) is 17.8 Å². The number of aromatic carboxylic acids is 1. The number of halogens is 1. The van der Waals surface area contributed by atoms with Crippen LogP contribution in [-0.4, -0.2) is 30.1 Å². The fourth-order valence-corrected chi connectivity index (χ4v) is 4.66. The molecule has 0 atom stereocenters. The molecule has 4 aromatic rings. The highest BCUT2D eigenvalue weighted by Crippen LogP contribution is 2.34. The van der Waals surface area contributed by atoms with E-state index in [1.807, 2.05) is 60.7 Å². The van der Waals surface area contributed by atoms with Gasteiger partial charge in [-0.05, 0) is 58.7 Å². The van der Waals surface area contributed by atoms with E-state index in [0.29, 0.717) is 41.6 Å². The van der Waals surface area contributed by atoms with Gasteiger partial charge in [0.2, 0.25) is 0 Å². The van der Waals surface area contributed by atoms with E-state index in [1.54, 1.807) is 30.3 Å². The van der Waals surface area contributed by atoms with Gasteiger partial charge in [-0.15, -0.1) is 0 Å². The van der Waals surface area contributed by atoms with E-state index in [-0.39, 0.29) is 11.5 Å². The first-order valence-electron chi connectivity index (χ1n) is 11.9. The molecule has 0 unspecified atom stereocenters. The lowest BCUT2D eigenvalue weighted by Crippen LogP contribution is -2.32. The molecule has 5 rings (SSSR count). The molecule has 0 saturated heterocycles. The number of nitrogens with zero attached hydrogens (tertiary/aromatic N) is 1. The highest BCUT2D eigenvalue weighted by atomic mass is 35.5. The van der Waals surface area contributed by atoms with E-state index in [1.165, 1.54) is 0 Å². The standard InChI is InChI=1S/C30H25ClN2O4/c31-24-5-3-4-21(16-24)18-32-29(34)23-12-13-27-28(17-23)37-15-14-33(27)19-20-8-10-22(11-9-20)25-6-1-2-7-26(25)30(35)36/h1-13,16-17H,14-15,18-19H2,(H,32,34)(H,35,36). The molecule has 0 saturated carbocycles. The average Bonchev–Trinajstić information content (AvgIpc) is 2.92. The van der Waals surface area contributed by atoms with Crippen molar-refractivity contribution in [1.82, 2.24) is 5.32 Å². The minimum atomic E-state index is -0.942. The molecule has 1 heterocycles. The number of rotatable bonds is 7. The number of hydrogen-bond donors (Lipinski definition) is 2. The second kappa shape index (κ2) is 10.8. The predicted molar refractivity (Wildman–Crippen MR) is 144 cm³/mol. The van der Waals surface area contributed by atoms with Crippen molar-refractivity contribution in [3.05, 3.63) is 118 Å². The van der Waals surface area contributed by atoms with E-state index in [9.17, 15) is 14.7 Å². The highest BCUT2D eigenvalue weighted by Gasteiger charge is 2.20. The molecule has 0 fully saturated rings. The maximum absolute atomic E-state index is 12.7. The Morgan fingerprint density at radius 1 is 0.919 bits per heavy atom. The zero-order chi connectivity index (χ0) is 25.8. The maximum Gasteiger partial charge on any atom is 0.336 e. The van der Waals surface area contributed by atoms with Gasteiger partial charge in [0, 0.05) is 23.7 Å². The topological polar surface area (TPSA) is 78.9 Å². The third-order valence-electron chi connectivity index (χ3n) is 6.32. The van der Waals surface area contributed by atoms with Crippen LogP contribution in [0.3, 0.4) is 0 Å². The van der Waals surface area contributed by atoms with Crippen molar-refractivity contribution < 1.29 is 19.4 Å². The number of carboxylic acid groups (broad SMARTS) is 1. The van der Waals surface area contributed by atoms with Crippen LogP contribution in [0.5, 0.6) is 5.75 Å². The van der Waals surface area contributed by atoms with Crippen molar-refractivity contribution >= 4 is 29.2 Å². The van der Waals surface area contributed by atoms with Gasteiger partial charge in [0.25, 0.3) is 5.91 Å². The van der Waals surface area contributed by atoms with Crippen molar-refractivity contribution in [2.75, 3.05) is 18.1 Å². The van der Waals surface area contributed by atoms with E-state index >= 15 is 0 Å². The van der Waals surface area contributed by atoms with Crippen LogP contribution >= 0.6 is 11.6 Å². The molecular formula is C30H25ClN2O4. The van der Waals surface area contributed by atoms with Gasteiger partial charge in [0.1, 0.15) is 12.4 Å². The largest absolute Gasteiger partial charge is 0.490 e. The molecule has 6 nitrogen and oxygen atoms in total. The Morgan fingerprint density at radius 3 is 2.51 bits per heavy atom. The third kappa shape index (κ3) is 5.60. The first-order valence-corrected chi connectivity index (χ1v) is 12.3. The number of fused-ring (bicyclic) bond motifs is 1. The number of nitrogens with one attached hydrogen (secondary N) is 1. The van der Waals surface area contributed by atoms with Crippen LogP contribution in [0.2, 0.25) is 5.02 Å². The molecule has 4 aromatic carbocycles. The maximum atomic E-state index is 12.7. The summed E-state index contributed by atoms with van der Waals surface area (Å²) < 4.78 is 5.88. The van der Waals surface area contributed by atoms with Crippen molar-refractivity contribution in [3.63, 3.8) is 0 Å². The molecule has 1 aliphatic rings. The number of carboxylic acids is 1. The summed E-state index contributed by atoms with van der Waals surface area (Å²) in [6, 6.07) is 27.8. The quantitative estimate of drug-likeness (QED) is 0.316. The fourth-order valence-electron chi connectivity index (χ4n) is 4.45. The molecule has 7 heteroatoms. The van der Waals surface area contributed by atoms with Gasteiger partial charge >= 0.3 is 5.97 Å². The lowest BCUT2D eigenvalue weighted by Gasteiger charge is -2.31. The molecular weight excluding hydrogens is 488 g/mol. The van der Waals surface area contributed by atoms with Gasteiger partial charge in [0.15, 0.2) is 0 Å². The number of carbonyl (C=O) groups is 2. The lowest BCUT2D eigenvalue weighted by molar-refractivity contribution is 0.0697. The average molecular weight is 513 g/mol. The summed E-state index contributed by atoms with van der Waals surface area (Å²) in [5.41, 5.74) is 5.32. The van der Waals surface area contributed by atoms with Crippen LogP contribution in [0, 0.1) is 0 Å². The van der Waals surface area contributed by atoms with Crippen molar-refractivity contribution in [2.24, 2.45) is 0 Å². The van der Waals surface area contributed by atoms with Crippen LogP contribution in [0.25, 0.3) is 11.1 Å². The fraction of sp³-hybridized carbons (Fsp3) is 0.133. The van der Waals surface area contributed by atoms with Crippen LogP contribution in [0.4, 0.5) is 5.69 Å². The number of amides is 1. The van der Waals surface area contributed by atoms with Crippen LogP contribution in [0.15, 0.2) is 91.0 Å². The molecule has 0 spiro atoms. The minimum absolute atomic E-state index is 0.180. The van der Waals surface area contributed by atoms with E-state index < -0.39 is 5.97 Å². The van der Waals surface area contributed by atoms with Crippen molar-refractivity contribution in [1.29, 1.82) is 0 Å². The number of hydrogen-bond acceptors (Lipinski definition) is 4. The Hall–Kier alpha value is -4.29. The van der Waals surface area contributed by atoms with Gasteiger partial charge < -0.3 is 20.1 Å². The molecule has 0 aliphatic carbocycles. The normalized spacial score (nSPS) is 12.4. The van der Waals surface area contributed by atoms with E-state index in [2.05, 4.69) is 10.2 Å². The monoisotopic (exact) mass is 512 g/mol. The third-order valence-corrected chi connectivity index (χ3v) is 6.55. The lowest BCUT2D eigenvalue weighted by atomic mass is 9.98. The Kier molecular flexibility index (Phi) is 7.10. The summed E-state index contributed by atoms with van der Waals surface area (Å²) in [6.45, 7) is 2.29. The predicted octanol–water partition coefficient (Wildman–Crippen LogP) is 6.03. The summed E-state index contributed by atoms with van der Waals surface area (Å²) in [7, 11) is 0. The van der Waals surface area contributed by atoms with E-state index in [0.717, 1.165) is 28.9 Å². The minimum Gasteiger partial charge on any atom is -0.490 e. The summed E-state index contributed by atoms with van der Waals surface area (Å²) >= 11 is 6.03. The Bertz CT molecular complexity index is 1450. The molecule has 2 N–H and O–H groups in total. The first-order chi connectivity index (χ1) is 18.0. The van der Waals surface area contributed by atoms with Crippen molar-refractivity contribution in [2.45, 2.75) is 13.1 Å². The number of carbonyl (C=O) groups excluding carboxylic acids is 1. The summed E-state index contributed by atoms with van der Waals surface area (Å²) in [5.74, 6) is -0.448. The molecule has 186 valence electrons. The molecule has 1 amide bonds. The molecule has 0 radical (unpaired) electrons. The first kappa shape index (κ1) is 24.4. The Labute approximate surface area is 220 Å². The Balaban J connectivity index is 1.28. The van der Waals surface area contributed by atoms with Gasteiger partial charge in [-0.1, -0.05) is 66.2 Å². The number of ether oxygens (including phenoxy) is 1. The van der Waals surface area contributed by atoms with Gasteiger partial charge in [-0.3, -0.25) is 4.79 Å². The zero-order valence-corrected chi connectivity index (χ0v) is 20.7. The second-order valence-corrected chi connectivity index (χ2v) is 9.25. The molecule has 0 bridgehead atoms. The summed E-state index contributed by atoms with van der Waals surface area (Å²) in [6.07, 6.45) is 0. The van der Waals surface area contributed by atoms with Crippen LogP contribution < -0.4 is 15.0 Å². The SMILES string of the molecule is O=C(NCc1cccc(Cl)c1)c1ccc2c(c1)OCCN2Cc1ccc(-c2ccccc2C(=O)O)cc1. The molecule has 37 heavy (non-hydrogen) atoms. The smallest absolute Gasteiger partial charge is 0.336 e. The van der Waals surface area contributed by atoms with Gasteiger partial charge in [-0.2, -0.15) is 0 Å². The number of benzene rings is 4. The Morgan fingerprint density at radius 2 is 1.73 bits per heavy atom. The van der Waals surface area contributed by atoms with Crippen molar-refractivity contribution in [3.8, 4) is 16.9 Å².